The van der Waals surface area contributed by atoms with Crippen molar-refractivity contribution in [1.29, 1.82) is 0 Å². The van der Waals surface area contributed by atoms with E-state index < -0.39 is 0 Å². The number of nitrogens with one attached hydrogen (secondary N) is 1. The molecule has 0 spiro atoms. The zero-order valence-corrected chi connectivity index (χ0v) is 15.7. The molecule has 1 atom stereocenters. The lowest BCUT2D eigenvalue weighted by Crippen LogP contribution is -2.44. The van der Waals surface area contributed by atoms with Crippen molar-refractivity contribution in [2.45, 2.75) is 25.9 Å². The van der Waals surface area contributed by atoms with Gasteiger partial charge in [0, 0.05) is 30.6 Å². The summed E-state index contributed by atoms with van der Waals surface area (Å²) in [5, 5.41) is 5.19. The van der Waals surface area contributed by atoms with Gasteiger partial charge in [0.25, 0.3) is 5.91 Å². The van der Waals surface area contributed by atoms with Crippen LogP contribution < -0.4 is 14.8 Å². The van der Waals surface area contributed by atoms with Crippen molar-refractivity contribution in [3.63, 3.8) is 0 Å². The van der Waals surface area contributed by atoms with Gasteiger partial charge in [0.05, 0.1) is 19.8 Å². The van der Waals surface area contributed by atoms with Crippen LogP contribution in [0.1, 0.15) is 27.7 Å². The summed E-state index contributed by atoms with van der Waals surface area (Å²) in [4.78, 5) is 16.5. The molecule has 25 heavy (non-hydrogen) atoms. The third-order valence-electron chi connectivity index (χ3n) is 4.67. The molecule has 6 heteroatoms. The van der Waals surface area contributed by atoms with E-state index in [2.05, 4.69) is 28.6 Å². The number of amides is 1. The topological polar surface area (TPSA) is 50.8 Å². The van der Waals surface area contributed by atoms with Crippen LogP contribution >= 0.6 is 11.3 Å². The predicted molar refractivity (Wildman–Crippen MR) is 99.8 cm³/mol. The SMILES string of the molecule is COc1cccc(C(=O)NCC(C)N2CCc3sccc3C2)c1OC. The molecule has 1 N–H and O–H groups in total. The van der Waals surface area contributed by atoms with Gasteiger partial charge in [0.2, 0.25) is 0 Å². The third kappa shape index (κ3) is 3.80. The van der Waals surface area contributed by atoms with Crippen molar-refractivity contribution in [1.82, 2.24) is 10.2 Å². The second-order valence-electron chi connectivity index (χ2n) is 6.19. The second-order valence-corrected chi connectivity index (χ2v) is 7.19. The van der Waals surface area contributed by atoms with Crippen LogP contribution in [0.25, 0.3) is 0 Å². The Morgan fingerprint density at radius 2 is 2.16 bits per heavy atom. The van der Waals surface area contributed by atoms with E-state index in [0.717, 1.165) is 19.5 Å². The average Bonchev–Trinajstić information content (AvgIpc) is 3.12. The number of methoxy groups -OCH3 is 2. The summed E-state index contributed by atoms with van der Waals surface area (Å²) < 4.78 is 10.6. The molecule has 134 valence electrons. The monoisotopic (exact) mass is 360 g/mol. The number of nitrogens with zero attached hydrogens (tertiary/aromatic N) is 1. The number of hydrogen-bond donors (Lipinski definition) is 1. The van der Waals surface area contributed by atoms with Crippen molar-refractivity contribution in [3.05, 3.63) is 45.6 Å². The van der Waals surface area contributed by atoms with Crippen molar-refractivity contribution >= 4 is 17.2 Å². The number of carbonyl (C=O) groups excluding carboxylic acids is 1. The maximum atomic E-state index is 12.6. The van der Waals surface area contributed by atoms with E-state index in [1.165, 1.54) is 10.4 Å². The molecule has 0 radical (unpaired) electrons. The van der Waals surface area contributed by atoms with Gasteiger partial charge in [-0.3, -0.25) is 9.69 Å². The molecule has 3 rings (SSSR count). The molecule has 1 amide bonds. The van der Waals surface area contributed by atoms with Gasteiger partial charge in [0.1, 0.15) is 0 Å². The highest BCUT2D eigenvalue weighted by molar-refractivity contribution is 7.10. The molecule has 0 bridgehead atoms. The van der Waals surface area contributed by atoms with Gasteiger partial charge in [-0.2, -0.15) is 0 Å². The van der Waals surface area contributed by atoms with Gasteiger partial charge >= 0.3 is 0 Å². The van der Waals surface area contributed by atoms with Crippen LogP contribution in [-0.2, 0) is 13.0 Å². The number of carbonyl (C=O) groups is 1. The molecule has 1 unspecified atom stereocenters. The Hall–Kier alpha value is -2.05. The first-order valence-corrected chi connectivity index (χ1v) is 9.30. The Morgan fingerprint density at radius 3 is 2.92 bits per heavy atom. The van der Waals surface area contributed by atoms with Crippen LogP contribution in [0.5, 0.6) is 11.5 Å². The predicted octanol–water partition coefficient (Wildman–Crippen LogP) is 2.94. The lowest BCUT2D eigenvalue weighted by molar-refractivity contribution is 0.0929. The number of benzene rings is 1. The highest BCUT2D eigenvalue weighted by Gasteiger charge is 2.22. The minimum atomic E-state index is -0.143. The highest BCUT2D eigenvalue weighted by Crippen LogP contribution is 2.30. The Bertz CT molecular complexity index is 744. The van der Waals surface area contributed by atoms with E-state index in [1.807, 2.05) is 11.3 Å². The van der Waals surface area contributed by atoms with E-state index >= 15 is 0 Å². The van der Waals surface area contributed by atoms with Gasteiger partial charge in [-0.1, -0.05) is 6.07 Å². The van der Waals surface area contributed by atoms with Crippen LogP contribution in [0.4, 0.5) is 0 Å². The number of thiophene rings is 1. The first-order valence-electron chi connectivity index (χ1n) is 8.42. The van der Waals surface area contributed by atoms with E-state index in [0.29, 0.717) is 23.6 Å². The number of para-hydroxylation sites is 1. The van der Waals surface area contributed by atoms with Crippen molar-refractivity contribution in [3.8, 4) is 11.5 Å². The van der Waals surface area contributed by atoms with Crippen LogP contribution in [-0.4, -0.2) is 44.2 Å². The smallest absolute Gasteiger partial charge is 0.255 e. The fourth-order valence-corrected chi connectivity index (χ4v) is 4.07. The first-order chi connectivity index (χ1) is 12.1. The maximum Gasteiger partial charge on any atom is 0.255 e. The van der Waals surface area contributed by atoms with Gasteiger partial charge in [-0.25, -0.2) is 0 Å². The Balaban J connectivity index is 1.61. The molecule has 0 saturated heterocycles. The quantitative estimate of drug-likeness (QED) is 0.861. The van der Waals surface area contributed by atoms with Crippen LogP contribution in [0, 0.1) is 0 Å². The summed E-state index contributed by atoms with van der Waals surface area (Å²) >= 11 is 1.84. The Kier molecular flexibility index (Phi) is 5.60. The van der Waals surface area contributed by atoms with Crippen LogP contribution in [0.15, 0.2) is 29.6 Å². The summed E-state index contributed by atoms with van der Waals surface area (Å²) in [7, 11) is 3.11. The maximum absolute atomic E-state index is 12.6. The van der Waals surface area contributed by atoms with Crippen LogP contribution in [0.2, 0.25) is 0 Å². The lowest BCUT2D eigenvalue weighted by atomic mass is 10.1. The van der Waals surface area contributed by atoms with Gasteiger partial charge in [-0.05, 0) is 42.5 Å². The highest BCUT2D eigenvalue weighted by atomic mass is 32.1. The second kappa shape index (κ2) is 7.89. The number of hydrogen-bond acceptors (Lipinski definition) is 5. The third-order valence-corrected chi connectivity index (χ3v) is 5.69. The molecule has 1 aromatic carbocycles. The molecular weight excluding hydrogens is 336 g/mol. The van der Waals surface area contributed by atoms with E-state index in [4.69, 9.17) is 9.47 Å². The minimum absolute atomic E-state index is 0.143. The summed E-state index contributed by atoms with van der Waals surface area (Å²) in [5.74, 6) is 0.885. The zero-order chi connectivity index (χ0) is 17.8. The average molecular weight is 360 g/mol. The summed E-state index contributed by atoms with van der Waals surface area (Å²) in [6, 6.07) is 7.80. The molecule has 1 aliphatic rings. The molecule has 0 fully saturated rings. The van der Waals surface area contributed by atoms with Gasteiger partial charge in [-0.15, -0.1) is 11.3 Å². The minimum Gasteiger partial charge on any atom is -0.493 e. The van der Waals surface area contributed by atoms with E-state index in [-0.39, 0.29) is 11.9 Å². The molecule has 2 aromatic rings. The number of fused-ring (bicyclic) bond motifs is 1. The summed E-state index contributed by atoms with van der Waals surface area (Å²) in [6.45, 7) is 4.74. The molecule has 2 heterocycles. The number of rotatable bonds is 6. The van der Waals surface area contributed by atoms with Crippen molar-refractivity contribution in [2.24, 2.45) is 0 Å². The first kappa shape index (κ1) is 17.8. The fourth-order valence-electron chi connectivity index (χ4n) is 3.18. The molecule has 1 aliphatic heterocycles. The zero-order valence-electron chi connectivity index (χ0n) is 14.9. The molecular formula is C19H24N2O3S. The largest absolute Gasteiger partial charge is 0.493 e. The van der Waals surface area contributed by atoms with Crippen molar-refractivity contribution < 1.29 is 14.3 Å². The lowest BCUT2D eigenvalue weighted by Gasteiger charge is -2.32. The standard InChI is InChI=1S/C19H24N2O3S/c1-13(21-9-7-17-14(12-21)8-10-25-17)11-20-19(22)15-5-4-6-16(23-2)18(15)24-3/h4-6,8,10,13H,7,9,11-12H2,1-3H3,(H,20,22). The molecule has 0 aliphatic carbocycles. The van der Waals surface area contributed by atoms with E-state index in [1.54, 1.807) is 32.4 Å². The normalized spacial score (nSPS) is 15.3. The molecule has 5 nitrogen and oxygen atoms in total. The Morgan fingerprint density at radius 1 is 1.32 bits per heavy atom. The summed E-state index contributed by atoms with van der Waals surface area (Å²) in [6.07, 6.45) is 1.09. The number of ether oxygens (including phenoxy) is 2. The van der Waals surface area contributed by atoms with Gasteiger partial charge in [0.15, 0.2) is 11.5 Å². The van der Waals surface area contributed by atoms with E-state index in [9.17, 15) is 4.79 Å². The molecule has 1 aromatic heterocycles. The van der Waals surface area contributed by atoms with Gasteiger partial charge < -0.3 is 14.8 Å². The fraction of sp³-hybridized carbons (Fsp3) is 0.421. The van der Waals surface area contributed by atoms with Crippen LogP contribution in [0.3, 0.4) is 0 Å². The summed E-state index contributed by atoms with van der Waals surface area (Å²) in [5.41, 5.74) is 1.91. The Labute approximate surface area is 152 Å². The van der Waals surface area contributed by atoms with Crippen molar-refractivity contribution in [2.75, 3.05) is 27.3 Å². The molecule has 0 saturated carbocycles.